The summed E-state index contributed by atoms with van der Waals surface area (Å²) in [5, 5.41) is 0. The summed E-state index contributed by atoms with van der Waals surface area (Å²) >= 11 is 1.43. The first kappa shape index (κ1) is 19.8. The van der Waals surface area contributed by atoms with Gasteiger partial charge in [-0.25, -0.2) is 9.78 Å². The number of hydrogen-bond acceptors (Lipinski definition) is 7. The average molecular weight is 400 g/mol. The monoisotopic (exact) mass is 400 g/mol. The molecule has 0 amide bonds. The molecule has 0 bridgehead atoms. The number of Topliss-reactive ketones (excluding diaryl/α,β-unsaturated/α-hetero) is 1. The summed E-state index contributed by atoms with van der Waals surface area (Å²) < 4.78 is 12.6. The Balaban J connectivity index is 1.65. The SMILES string of the molecule is COC(=O)CCn1c(C)cc(C(=O)COC(=O)c2ccc3ncsc3c2)c1C. The number of hydrogen-bond donors (Lipinski definition) is 0. The minimum absolute atomic E-state index is 0.218. The molecule has 2 heterocycles. The van der Waals surface area contributed by atoms with E-state index in [9.17, 15) is 14.4 Å². The Kier molecular flexibility index (Phi) is 5.89. The summed E-state index contributed by atoms with van der Waals surface area (Å²) in [5.74, 6) is -1.15. The summed E-state index contributed by atoms with van der Waals surface area (Å²) in [6, 6.07) is 6.83. The number of benzene rings is 1. The molecule has 2 aromatic heterocycles. The van der Waals surface area contributed by atoms with Crippen molar-refractivity contribution in [3.05, 3.63) is 52.3 Å². The van der Waals surface area contributed by atoms with Crippen molar-refractivity contribution >= 4 is 39.3 Å². The second kappa shape index (κ2) is 8.35. The number of thiazole rings is 1. The number of rotatable bonds is 7. The van der Waals surface area contributed by atoms with Crippen molar-refractivity contribution in [2.75, 3.05) is 13.7 Å². The molecule has 28 heavy (non-hydrogen) atoms. The van der Waals surface area contributed by atoms with Crippen molar-refractivity contribution in [1.29, 1.82) is 0 Å². The van der Waals surface area contributed by atoms with Gasteiger partial charge in [0.25, 0.3) is 0 Å². The lowest BCUT2D eigenvalue weighted by Gasteiger charge is -2.09. The molecule has 0 unspecified atom stereocenters. The van der Waals surface area contributed by atoms with Crippen LogP contribution in [0.15, 0.2) is 29.8 Å². The number of ether oxygens (including phenoxy) is 2. The average Bonchev–Trinajstić information content (AvgIpc) is 3.27. The molecule has 0 aliphatic carbocycles. The standard InChI is InChI=1S/C20H20N2O5S/c1-12-8-15(13(2)22(12)7-6-19(24)26-3)17(23)10-27-20(25)14-4-5-16-18(9-14)28-11-21-16/h4-5,8-9,11H,6-7,10H2,1-3H3. The van der Waals surface area contributed by atoms with Gasteiger partial charge in [0, 0.05) is 23.5 Å². The van der Waals surface area contributed by atoms with Crippen LogP contribution in [0, 0.1) is 13.8 Å². The van der Waals surface area contributed by atoms with Gasteiger partial charge in [-0.15, -0.1) is 11.3 Å². The van der Waals surface area contributed by atoms with Crippen LogP contribution in [0.1, 0.15) is 38.5 Å². The molecule has 0 radical (unpaired) electrons. The molecule has 0 spiro atoms. The van der Waals surface area contributed by atoms with Gasteiger partial charge >= 0.3 is 11.9 Å². The van der Waals surface area contributed by atoms with Crippen LogP contribution in [0.3, 0.4) is 0 Å². The van der Waals surface area contributed by atoms with Crippen molar-refractivity contribution < 1.29 is 23.9 Å². The van der Waals surface area contributed by atoms with Crippen LogP contribution in [0.5, 0.6) is 0 Å². The Morgan fingerprint density at radius 1 is 1.18 bits per heavy atom. The molecule has 7 nitrogen and oxygen atoms in total. The topological polar surface area (TPSA) is 87.5 Å². The van der Waals surface area contributed by atoms with Gasteiger partial charge in [-0.2, -0.15) is 0 Å². The maximum absolute atomic E-state index is 12.5. The Bertz CT molecular complexity index is 1050. The largest absolute Gasteiger partial charge is 0.469 e. The van der Waals surface area contributed by atoms with Crippen molar-refractivity contribution in [2.24, 2.45) is 0 Å². The maximum Gasteiger partial charge on any atom is 0.338 e. The number of esters is 2. The quantitative estimate of drug-likeness (QED) is 0.447. The van der Waals surface area contributed by atoms with E-state index in [1.165, 1.54) is 18.4 Å². The molecule has 0 saturated carbocycles. The first-order valence-corrected chi connectivity index (χ1v) is 9.55. The third-order valence-electron chi connectivity index (χ3n) is 4.54. The van der Waals surface area contributed by atoms with Crippen molar-refractivity contribution in [3.63, 3.8) is 0 Å². The lowest BCUT2D eigenvalue weighted by molar-refractivity contribution is -0.140. The Hall–Kier alpha value is -3.00. The van der Waals surface area contributed by atoms with Crippen LogP contribution >= 0.6 is 11.3 Å². The van der Waals surface area contributed by atoms with Gasteiger partial charge in [0.1, 0.15) is 0 Å². The van der Waals surface area contributed by atoms with E-state index in [0.717, 1.165) is 21.6 Å². The molecular weight excluding hydrogens is 380 g/mol. The summed E-state index contributed by atoms with van der Waals surface area (Å²) in [6.45, 7) is 3.74. The van der Waals surface area contributed by atoms with Gasteiger partial charge in [-0.1, -0.05) is 0 Å². The molecule has 3 rings (SSSR count). The van der Waals surface area contributed by atoms with Crippen LogP contribution in [0.4, 0.5) is 0 Å². The maximum atomic E-state index is 12.5. The number of aromatic nitrogens is 2. The number of carbonyl (C=O) groups excluding carboxylic acids is 3. The highest BCUT2D eigenvalue weighted by Gasteiger charge is 2.18. The minimum atomic E-state index is -0.553. The van der Waals surface area contributed by atoms with Gasteiger partial charge < -0.3 is 14.0 Å². The fourth-order valence-corrected chi connectivity index (χ4v) is 3.72. The molecule has 0 N–H and O–H groups in total. The van der Waals surface area contributed by atoms with Crippen LogP contribution in [0.2, 0.25) is 0 Å². The van der Waals surface area contributed by atoms with Crippen molar-refractivity contribution in [3.8, 4) is 0 Å². The number of ketones is 1. The molecular formula is C20H20N2O5S. The predicted molar refractivity (Wildman–Crippen MR) is 105 cm³/mol. The second-order valence-electron chi connectivity index (χ2n) is 6.30. The van der Waals surface area contributed by atoms with E-state index in [2.05, 4.69) is 9.72 Å². The van der Waals surface area contributed by atoms with Crippen LogP contribution < -0.4 is 0 Å². The number of nitrogens with zero attached hydrogens (tertiary/aromatic N) is 2. The number of aryl methyl sites for hydroxylation is 1. The molecule has 146 valence electrons. The summed E-state index contributed by atoms with van der Waals surface area (Å²) in [4.78, 5) is 40.3. The molecule has 0 fully saturated rings. The molecule has 0 saturated heterocycles. The number of methoxy groups -OCH3 is 1. The Morgan fingerprint density at radius 3 is 2.71 bits per heavy atom. The Labute approximate surface area is 165 Å². The van der Waals surface area contributed by atoms with E-state index >= 15 is 0 Å². The van der Waals surface area contributed by atoms with Crippen LogP contribution in [0.25, 0.3) is 10.2 Å². The summed E-state index contributed by atoms with van der Waals surface area (Å²) in [5.41, 5.74) is 4.97. The van der Waals surface area contributed by atoms with E-state index < -0.39 is 5.97 Å². The lowest BCUT2D eigenvalue weighted by atomic mass is 10.1. The predicted octanol–water partition coefficient (Wildman–Crippen LogP) is 3.32. The third kappa shape index (κ3) is 4.12. The number of carbonyl (C=O) groups is 3. The lowest BCUT2D eigenvalue weighted by Crippen LogP contribution is -2.15. The highest BCUT2D eigenvalue weighted by molar-refractivity contribution is 7.16. The van der Waals surface area contributed by atoms with Gasteiger partial charge in [-0.3, -0.25) is 9.59 Å². The molecule has 8 heteroatoms. The van der Waals surface area contributed by atoms with Crippen molar-refractivity contribution in [2.45, 2.75) is 26.8 Å². The van der Waals surface area contributed by atoms with E-state index in [4.69, 9.17) is 4.74 Å². The zero-order valence-corrected chi connectivity index (χ0v) is 16.7. The highest BCUT2D eigenvalue weighted by atomic mass is 32.1. The zero-order chi connectivity index (χ0) is 20.3. The Morgan fingerprint density at radius 2 is 1.96 bits per heavy atom. The highest BCUT2D eigenvalue weighted by Crippen LogP contribution is 2.20. The fraction of sp³-hybridized carbons (Fsp3) is 0.300. The molecule has 0 aliphatic rings. The first-order valence-electron chi connectivity index (χ1n) is 8.68. The smallest absolute Gasteiger partial charge is 0.338 e. The van der Waals surface area contributed by atoms with E-state index in [0.29, 0.717) is 17.7 Å². The van der Waals surface area contributed by atoms with Gasteiger partial charge in [0.2, 0.25) is 5.78 Å². The number of fused-ring (bicyclic) bond motifs is 1. The molecule has 1 aromatic carbocycles. The second-order valence-corrected chi connectivity index (χ2v) is 7.18. The normalized spacial score (nSPS) is 10.8. The van der Waals surface area contributed by atoms with E-state index in [1.54, 1.807) is 36.7 Å². The first-order chi connectivity index (χ1) is 13.4. The molecule has 0 aliphatic heterocycles. The molecule has 0 atom stereocenters. The van der Waals surface area contributed by atoms with E-state index in [1.807, 2.05) is 11.5 Å². The van der Waals surface area contributed by atoms with Crippen LogP contribution in [-0.4, -0.2) is 41.0 Å². The molecule has 3 aromatic rings. The van der Waals surface area contributed by atoms with Crippen molar-refractivity contribution in [1.82, 2.24) is 9.55 Å². The fourth-order valence-electron chi connectivity index (χ4n) is 3.01. The van der Waals surface area contributed by atoms with Gasteiger partial charge in [0.05, 0.1) is 34.8 Å². The van der Waals surface area contributed by atoms with Crippen LogP contribution in [-0.2, 0) is 20.8 Å². The van der Waals surface area contributed by atoms with E-state index in [-0.39, 0.29) is 24.8 Å². The summed E-state index contributed by atoms with van der Waals surface area (Å²) in [6.07, 6.45) is 0.218. The van der Waals surface area contributed by atoms with Gasteiger partial charge in [0.15, 0.2) is 6.61 Å². The summed E-state index contributed by atoms with van der Waals surface area (Å²) in [7, 11) is 1.34. The third-order valence-corrected chi connectivity index (χ3v) is 5.33. The van der Waals surface area contributed by atoms with Gasteiger partial charge in [-0.05, 0) is 38.1 Å². The minimum Gasteiger partial charge on any atom is -0.469 e. The zero-order valence-electron chi connectivity index (χ0n) is 15.9.